The first kappa shape index (κ1) is 16.2. The van der Waals surface area contributed by atoms with Crippen LogP contribution in [0.1, 0.15) is 30.6 Å². The number of carboxylic acid groups (broad SMARTS) is 1. The van der Waals surface area contributed by atoms with Crippen LogP contribution in [0, 0.1) is 5.92 Å². The molecule has 0 spiro atoms. The van der Waals surface area contributed by atoms with Crippen molar-refractivity contribution in [2.24, 2.45) is 5.92 Å². The maximum absolute atomic E-state index is 11.5. The highest BCUT2D eigenvalue weighted by molar-refractivity contribution is 6.29. The number of hydrogen-bond acceptors (Lipinski definition) is 4. The second-order valence-electron chi connectivity index (χ2n) is 4.74. The minimum absolute atomic E-state index is 0.0526. The minimum Gasteiger partial charge on any atom is -0.478 e. The molecule has 0 aliphatic rings. The third kappa shape index (κ3) is 5.88. The summed E-state index contributed by atoms with van der Waals surface area (Å²) in [6.45, 7) is 5.03. The molecule has 0 atom stereocenters. The van der Waals surface area contributed by atoms with Gasteiger partial charge in [-0.3, -0.25) is 4.79 Å². The minimum atomic E-state index is -1.08. The predicted octanol–water partition coefficient (Wildman–Crippen LogP) is 2.01. The van der Waals surface area contributed by atoms with E-state index in [1.807, 2.05) is 13.8 Å². The Morgan fingerprint density at radius 3 is 2.70 bits per heavy atom. The number of rotatable bonds is 7. The third-order valence-electron chi connectivity index (χ3n) is 2.41. The fraction of sp³-hybridized carbons (Fsp3) is 0.462. The molecule has 6 nitrogen and oxygen atoms in total. The summed E-state index contributed by atoms with van der Waals surface area (Å²) < 4.78 is 0. The average molecular weight is 300 g/mol. The van der Waals surface area contributed by atoms with Crippen molar-refractivity contribution in [3.8, 4) is 0 Å². The number of anilines is 1. The van der Waals surface area contributed by atoms with Crippen molar-refractivity contribution in [3.63, 3.8) is 0 Å². The van der Waals surface area contributed by atoms with Gasteiger partial charge in [-0.15, -0.1) is 0 Å². The molecule has 110 valence electrons. The summed E-state index contributed by atoms with van der Waals surface area (Å²) in [5, 5.41) is 14.7. The molecule has 0 aliphatic heterocycles. The molecule has 7 heteroatoms. The number of carbonyl (C=O) groups is 2. The standard InChI is InChI=1S/C13H18ClN3O3/c1-8(2)7-16-12(18)3-4-15-11-6-9(13(19)20)5-10(14)17-11/h5-6,8H,3-4,7H2,1-2H3,(H,15,17)(H,16,18)(H,19,20). The molecule has 0 saturated carbocycles. The summed E-state index contributed by atoms with van der Waals surface area (Å²) in [6, 6.07) is 2.64. The number of hydrogen-bond donors (Lipinski definition) is 3. The van der Waals surface area contributed by atoms with E-state index in [0.29, 0.717) is 24.8 Å². The van der Waals surface area contributed by atoms with Crippen LogP contribution in [-0.2, 0) is 4.79 Å². The van der Waals surface area contributed by atoms with Gasteiger partial charge in [0.05, 0.1) is 5.56 Å². The van der Waals surface area contributed by atoms with E-state index < -0.39 is 5.97 Å². The van der Waals surface area contributed by atoms with E-state index in [-0.39, 0.29) is 23.0 Å². The number of halogens is 1. The lowest BCUT2D eigenvalue weighted by Gasteiger charge is -2.09. The van der Waals surface area contributed by atoms with E-state index in [0.717, 1.165) is 0 Å². The molecular formula is C13H18ClN3O3. The molecule has 1 rings (SSSR count). The first-order valence-electron chi connectivity index (χ1n) is 6.30. The van der Waals surface area contributed by atoms with E-state index in [9.17, 15) is 9.59 Å². The molecule has 0 bridgehead atoms. The van der Waals surface area contributed by atoms with Gasteiger partial charge in [-0.1, -0.05) is 25.4 Å². The monoisotopic (exact) mass is 299 g/mol. The topological polar surface area (TPSA) is 91.3 Å². The second kappa shape index (κ2) is 7.69. The molecule has 1 aromatic rings. The molecule has 0 aliphatic carbocycles. The molecule has 1 amide bonds. The highest BCUT2D eigenvalue weighted by atomic mass is 35.5. The maximum Gasteiger partial charge on any atom is 0.335 e. The zero-order chi connectivity index (χ0) is 15.1. The number of nitrogens with one attached hydrogen (secondary N) is 2. The summed E-state index contributed by atoms with van der Waals surface area (Å²) in [5.41, 5.74) is 0.0526. The Morgan fingerprint density at radius 2 is 2.10 bits per heavy atom. The zero-order valence-electron chi connectivity index (χ0n) is 11.4. The van der Waals surface area contributed by atoms with Crippen LogP contribution >= 0.6 is 11.6 Å². The van der Waals surface area contributed by atoms with Gasteiger partial charge in [0.15, 0.2) is 0 Å². The second-order valence-corrected chi connectivity index (χ2v) is 5.13. The molecule has 0 saturated heterocycles. The van der Waals surface area contributed by atoms with Gasteiger partial charge >= 0.3 is 5.97 Å². The lowest BCUT2D eigenvalue weighted by atomic mass is 10.2. The van der Waals surface area contributed by atoms with Gasteiger partial charge in [0, 0.05) is 19.5 Å². The summed E-state index contributed by atoms with van der Waals surface area (Å²) in [4.78, 5) is 26.3. The van der Waals surface area contributed by atoms with E-state index in [1.165, 1.54) is 12.1 Å². The van der Waals surface area contributed by atoms with Crippen molar-refractivity contribution in [1.29, 1.82) is 0 Å². The largest absolute Gasteiger partial charge is 0.478 e. The summed E-state index contributed by atoms with van der Waals surface area (Å²) in [6.07, 6.45) is 0.281. The van der Waals surface area contributed by atoms with Crippen molar-refractivity contribution >= 4 is 29.3 Å². The van der Waals surface area contributed by atoms with E-state index in [1.54, 1.807) is 0 Å². The Labute approximate surface area is 122 Å². The zero-order valence-corrected chi connectivity index (χ0v) is 12.2. The lowest BCUT2D eigenvalue weighted by Crippen LogP contribution is -2.28. The van der Waals surface area contributed by atoms with Gasteiger partial charge in [0.2, 0.25) is 5.91 Å². The molecule has 20 heavy (non-hydrogen) atoms. The molecule has 1 heterocycles. The normalized spacial score (nSPS) is 10.4. The molecule has 0 aromatic carbocycles. The van der Waals surface area contributed by atoms with Gasteiger partial charge in [-0.2, -0.15) is 0 Å². The van der Waals surface area contributed by atoms with Crippen molar-refractivity contribution < 1.29 is 14.7 Å². The number of aromatic nitrogens is 1. The Balaban J connectivity index is 2.46. The van der Waals surface area contributed by atoms with Crippen molar-refractivity contribution in [3.05, 3.63) is 22.8 Å². The van der Waals surface area contributed by atoms with E-state index in [4.69, 9.17) is 16.7 Å². The predicted molar refractivity (Wildman–Crippen MR) is 77.2 cm³/mol. The van der Waals surface area contributed by atoms with Crippen LogP contribution in [0.2, 0.25) is 5.15 Å². The van der Waals surface area contributed by atoms with Crippen molar-refractivity contribution in [2.75, 3.05) is 18.4 Å². The van der Waals surface area contributed by atoms with Gasteiger partial charge in [0.25, 0.3) is 0 Å². The molecular weight excluding hydrogens is 282 g/mol. The molecule has 0 fully saturated rings. The number of aromatic carboxylic acids is 1. The van der Waals surface area contributed by atoms with Crippen LogP contribution in [0.5, 0.6) is 0 Å². The van der Waals surface area contributed by atoms with Crippen LogP contribution in [0.15, 0.2) is 12.1 Å². The highest BCUT2D eigenvalue weighted by Gasteiger charge is 2.08. The summed E-state index contributed by atoms with van der Waals surface area (Å²) in [5.74, 6) is -0.398. The molecule has 0 unspecified atom stereocenters. The van der Waals surface area contributed by atoms with E-state index in [2.05, 4.69) is 15.6 Å². The van der Waals surface area contributed by atoms with Crippen LogP contribution in [0.4, 0.5) is 5.82 Å². The molecule has 3 N–H and O–H groups in total. The number of carbonyl (C=O) groups excluding carboxylic acids is 1. The quantitative estimate of drug-likeness (QED) is 0.670. The fourth-order valence-corrected chi connectivity index (χ4v) is 1.63. The van der Waals surface area contributed by atoms with Crippen molar-refractivity contribution in [1.82, 2.24) is 10.3 Å². The SMILES string of the molecule is CC(C)CNC(=O)CCNc1cc(C(=O)O)cc(Cl)n1. The number of amides is 1. The molecule has 0 radical (unpaired) electrons. The van der Waals surface area contributed by atoms with Gasteiger partial charge in [0.1, 0.15) is 11.0 Å². The third-order valence-corrected chi connectivity index (χ3v) is 2.60. The Bertz CT molecular complexity index is 492. The average Bonchev–Trinajstić information content (AvgIpc) is 2.35. The Morgan fingerprint density at radius 1 is 1.40 bits per heavy atom. The summed E-state index contributed by atoms with van der Waals surface area (Å²) in [7, 11) is 0. The lowest BCUT2D eigenvalue weighted by molar-refractivity contribution is -0.120. The number of nitrogens with zero attached hydrogens (tertiary/aromatic N) is 1. The van der Waals surface area contributed by atoms with Crippen LogP contribution < -0.4 is 10.6 Å². The first-order chi connectivity index (χ1) is 9.38. The Hall–Kier alpha value is -1.82. The fourth-order valence-electron chi connectivity index (χ4n) is 1.42. The van der Waals surface area contributed by atoms with Crippen LogP contribution in [0.25, 0.3) is 0 Å². The Kier molecular flexibility index (Phi) is 6.24. The smallest absolute Gasteiger partial charge is 0.335 e. The van der Waals surface area contributed by atoms with Gasteiger partial charge in [-0.25, -0.2) is 9.78 Å². The van der Waals surface area contributed by atoms with Gasteiger partial charge in [-0.05, 0) is 18.1 Å². The first-order valence-corrected chi connectivity index (χ1v) is 6.67. The van der Waals surface area contributed by atoms with Gasteiger partial charge < -0.3 is 15.7 Å². The number of carboxylic acids is 1. The highest BCUT2D eigenvalue weighted by Crippen LogP contribution is 2.14. The van der Waals surface area contributed by atoms with E-state index >= 15 is 0 Å². The van der Waals surface area contributed by atoms with Crippen molar-refractivity contribution in [2.45, 2.75) is 20.3 Å². The van der Waals surface area contributed by atoms with Crippen LogP contribution in [-0.4, -0.2) is 35.1 Å². The van der Waals surface area contributed by atoms with Crippen LogP contribution in [0.3, 0.4) is 0 Å². The maximum atomic E-state index is 11.5. The summed E-state index contributed by atoms with van der Waals surface area (Å²) >= 11 is 5.73. The molecule has 1 aromatic heterocycles. The number of pyridine rings is 1.